The van der Waals surface area contributed by atoms with Gasteiger partial charge in [0.05, 0.1) is 41.4 Å². The smallest absolute Gasteiger partial charge is 0.487 e. The molecule has 3 aliphatic rings. The molecule has 2 fully saturated rings. The van der Waals surface area contributed by atoms with Gasteiger partial charge in [0.15, 0.2) is 0 Å². The van der Waals surface area contributed by atoms with Crippen LogP contribution in [0.3, 0.4) is 0 Å². The summed E-state index contributed by atoms with van der Waals surface area (Å²) in [7, 11) is -1.66. The molecule has 0 radical (unpaired) electrons. The minimum absolute atomic E-state index is 0.0790. The van der Waals surface area contributed by atoms with Crippen molar-refractivity contribution in [3.8, 4) is 5.75 Å². The Hall–Kier alpha value is -2.88. The first-order valence-corrected chi connectivity index (χ1v) is 12.7. The number of alkyl halides is 6. The van der Waals surface area contributed by atoms with Crippen molar-refractivity contribution in [3.63, 3.8) is 0 Å². The summed E-state index contributed by atoms with van der Waals surface area (Å²) in [4.78, 5) is 27.4. The van der Waals surface area contributed by atoms with E-state index in [0.717, 1.165) is 0 Å². The summed E-state index contributed by atoms with van der Waals surface area (Å²) >= 11 is 3.27. The number of phenols is 1. The number of anilines is 1. The third kappa shape index (κ3) is 4.82. The van der Waals surface area contributed by atoms with Gasteiger partial charge in [-0.05, 0) is 66.2 Å². The highest BCUT2D eigenvalue weighted by molar-refractivity contribution is 9.10. The molecule has 0 aromatic heterocycles. The summed E-state index contributed by atoms with van der Waals surface area (Å²) in [5.74, 6) is -5.70. The molecule has 2 aromatic carbocycles. The van der Waals surface area contributed by atoms with Gasteiger partial charge in [-0.3, -0.25) is 9.59 Å². The quantitative estimate of drug-likeness (QED) is 0.255. The molecule has 3 N–H and O–H groups in total. The van der Waals surface area contributed by atoms with E-state index in [0.29, 0.717) is 21.5 Å². The van der Waals surface area contributed by atoms with Crippen LogP contribution in [0, 0.1) is 17.8 Å². The van der Waals surface area contributed by atoms with Gasteiger partial charge in [-0.25, -0.2) is 4.90 Å². The summed E-state index contributed by atoms with van der Waals surface area (Å²) in [6.45, 7) is -0.633. The van der Waals surface area contributed by atoms with E-state index in [4.69, 9.17) is 4.65 Å². The number of amides is 2. The second-order valence-electron chi connectivity index (χ2n) is 9.85. The average Bonchev–Trinajstić information content (AvgIpc) is 3.12. The van der Waals surface area contributed by atoms with Crippen LogP contribution in [0.2, 0.25) is 0 Å². The monoisotopic (exact) mass is 633 g/mol. The summed E-state index contributed by atoms with van der Waals surface area (Å²) in [5, 5.41) is 31.2. The van der Waals surface area contributed by atoms with E-state index < -0.39 is 78.6 Å². The molecule has 4 atom stereocenters. The summed E-state index contributed by atoms with van der Waals surface area (Å²) in [5.41, 5.74) is -3.71. The van der Waals surface area contributed by atoms with Gasteiger partial charge in [-0.1, -0.05) is 15.9 Å². The van der Waals surface area contributed by atoms with E-state index in [1.54, 1.807) is 6.07 Å². The number of hydrogen-bond donors (Lipinski definition) is 3. The summed E-state index contributed by atoms with van der Waals surface area (Å²) in [6, 6.07) is 4.95. The average molecular weight is 634 g/mol. The second kappa shape index (κ2) is 9.89. The maximum Gasteiger partial charge on any atom is 0.487 e. The van der Waals surface area contributed by atoms with Crippen molar-refractivity contribution in [2.75, 3.05) is 11.5 Å². The molecule has 0 saturated carbocycles. The van der Waals surface area contributed by atoms with Crippen LogP contribution in [0.5, 0.6) is 5.75 Å². The van der Waals surface area contributed by atoms with E-state index in [1.807, 2.05) is 0 Å². The predicted molar refractivity (Wildman–Crippen MR) is 130 cm³/mol. The Labute approximate surface area is 231 Å². The Balaban J connectivity index is 1.59. The first-order chi connectivity index (χ1) is 18.6. The van der Waals surface area contributed by atoms with Crippen LogP contribution in [0.1, 0.15) is 35.6 Å². The zero-order valence-electron chi connectivity index (χ0n) is 20.1. The molecule has 212 valence electrons. The number of aromatic hydroxyl groups is 1. The third-order valence-corrected chi connectivity index (χ3v) is 8.06. The predicted octanol–water partition coefficient (Wildman–Crippen LogP) is 4.79. The maximum absolute atomic E-state index is 13.7. The number of carbonyl (C=O) groups is 2. The van der Waals surface area contributed by atoms with Crippen molar-refractivity contribution in [3.05, 3.63) is 68.6 Å². The zero-order valence-corrected chi connectivity index (χ0v) is 21.7. The Morgan fingerprint density at radius 1 is 0.975 bits per heavy atom. The molecule has 5 rings (SSSR count). The van der Waals surface area contributed by atoms with Gasteiger partial charge in [-0.15, -0.1) is 0 Å². The second-order valence-corrected chi connectivity index (χ2v) is 10.8. The number of aliphatic hydroxyl groups excluding tert-OH is 1. The lowest BCUT2D eigenvalue weighted by Crippen LogP contribution is -2.45. The number of benzene rings is 2. The highest BCUT2D eigenvalue weighted by Crippen LogP contribution is 2.53. The SMILES string of the molecule is O=C1[C@H]2[C@H](CC(CO)=C3B(O)O[C@H](c4cc(Br)ccc4O)C[C@H]32)C(=O)N1c1cc(C(F)(F)F)cc(C(F)(F)F)c1. The maximum atomic E-state index is 13.7. The molecule has 0 unspecified atom stereocenters. The topological polar surface area (TPSA) is 107 Å². The number of rotatable bonds is 3. The van der Waals surface area contributed by atoms with Crippen molar-refractivity contribution in [2.24, 2.45) is 17.8 Å². The summed E-state index contributed by atoms with van der Waals surface area (Å²) in [6.07, 6.45) is -11.7. The fraction of sp³-hybridized carbons (Fsp3) is 0.360. The number of halogens is 7. The summed E-state index contributed by atoms with van der Waals surface area (Å²) < 4.78 is 87.1. The number of imide groups is 1. The molecule has 1 aliphatic carbocycles. The number of allylic oxidation sites excluding steroid dienone is 1. The van der Waals surface area contributed by atoms with Gasteiger partial charge in [0.2, 0.25) is 11.8 Å². The molecule has 2 saturated heterocycles. The third-order valence-electron chi connectivity index (χ3n) is 7.57. The first-order valence-electron chi connectivity index (χ1n) is 11.9. The number of carbonyl (C=O) groups excluding carboxylic acids is 2. The van der Waals surface area contributed by atoms with Gasteiger partial charge in [0.1, 0.15) is 5.75 Å². The van der Waals surface area contributed by atoms with Crippen LogP contribution in [0.4, 0.5) is 32.0 Å². The fourth-order valence-electron chi connectivity index (χ4n) is 5.86. The van der Waals surface area contributed by atoms with Crippen LogP contribution < -0.4 is 4.90 Å². The molecule has 40 heavy (non-hydrogen) atoms. The number of fused-ring (bicyclic) bond motifs is 3. The molecule has 2 amide bonds. The van der Waals surface area contributed by atoms with Crippen molar-refractivity contribution in [2.45, 2.75) is 31.3 Å². The van der Waals surface area contributed by atoms with Crippen LogP contribution in [-0.4, -0.2) is 40.8 Å². The van der Waals surface area contributed by atoms with Crippen molar-refractivity contribution in [1.82, 2.24) is 0 Å². The standard InChI is InChI=1S/C25H19BBrF6NO6/c27-13-1-2-18(36)15(7-13)19-8-16-20-17(3-10(9-35)21(16)26(39)40-19)22(37)34(23(20)38)14-5-11(24(28,29)30)4-12(6-14)25(31,32)33/h1-2,4-7,16-17,19-20,35-36,39H,3,8-9H2/t16-,17-,19-,20+/m0/s1. The van der Waals surface area contributed by atoms with Gasteiger partial charge < -0.3 is 19.9 Å². The lowest BCUT2D eigenvalue weighted by Gasteiger charge is -2.42. The van der Waals surface area contributed by atoms with Gasteiger partial charge in [-0.2, -0.15) is 26.3 Å². The molecule has 0 spiro atoms. The minimum Gasteiger partial charge on any atom is -0.508 e. The van der Waals surface area contributed by atoms with E-state index in [-0.39, 0.29) is 41.3 Å². The van der Waals surface area contributed by atoms with Crippen LogP contribution >= 0.6 is 15.9 Å². The lowest BCUT2D eigenvalue weighted by atomic mass is 9.55. The van der Waals surface area contributed by atoms with E-state index >= 15 is 0 Å². The van der Waals surface area contributed by atoms with Gasteiger partial charge in [0, 0.05) is 10.0 Å². The Kier molecular flexibility index (Phi) is 7.08. The number of aliphatic hydroxyl groups is 1. The van der Waals surface area contributed by atoms with E-state index in [9.17, 15) is 51.2 Å². The molecular weight excluding hydrogens is 615 g/mol. The zero-order chi connectivity index (χ0) is 29.3. The van der Waals surface area contributed by atoms with Crippen LogP contribution in [0.25, 0.3) is 0 Å². The van der Waals surface area contributed by atoms with E-state index in [1.165, 1.54) is 12.1 Å². The van der Waals surface area contributed by atoms with Crippen LogP contribution in [0.15, 0.2) is 51.9 Å². The number of phenolic OH excluding ortho intramolecular Hbond substituents is 1. The normalized spacial score (nSPS) is 25.4. The Bertz CT molecular complexity index is 1400. The lowest BCUT2D eigenvalue weighted by molar-refractivity contribution is -0.143. The Morgan fingerprint density at radius 2 is 1.60 bits per heavy atom. The van der Waals surface area contributed by atoms with Crippen molar-refractivity contribution in [1.29, 1.82) is 0 Å². The minimum atomic E-state index is -5.20. The highest BCUT2D eigenvalue weighted by Gasteiger charge is 2.58. The largest absolute Gasteiger partial charge is 0.508 e. The highest BCUT2D eigenvalue weighted by atomic mass is 79.9. The number of hydrogen-bond acceptors (Lipinski definition) is 6. The van der Waals surface area contributed by atoms with Gasteiger partial charge >= 0.3 is 19.5 Å². The first kappa shape index (κ1) is 28.6. The Morgan fingerprint density at radius 3 is 2.17 bits per heavy atom. The molecule has 7 nitrogen and oxygen atoms in total. The van der Waals surface area contributed by atoms with E-state index in [2.05, 4.69) is 15.9 Å². The molecular formula is C25H19BBrF6NO6. The van der Waals surface area contributed by atoms with Gasteiger partial charge in [0.25, 0.3) is 0 Å². The molecule has 2 aliphatic heterocycles. The van der Waals surface area contributed by atoms with Crippen molar-refractivity contribution >= 4 is 40.6 Å². The molecule has 15 heteroatoms. The fourth-order valence-corrected chi connectivity index (χ4v) is 6.24. The molecule has 2 aromatic rings. The van der Waals surface area contributed by atoms with Crippen molar-refractivity contribution < 1.29 is 55.8 Å². The molecule has 0 bridgehead atoms. The molecule has 2 heterocycles. The van der Waals surface area contributed by atoms with Crippen LogP contribution in [-0.2, 0) is 26.6 Å². The number of nitrogens with zero attached hydrogens (tertiary/aromatic N) is 1.